The van der Waals surface area contributed by atoms with Gasteiger partial charge in [-0.2, -0.15) is 11.8 Å². The highest BCUT2D eigenvalue weighted by molar-refractivity contribution is 7.98. The zero-order chi connectivity index (χ0) is 11.2. The normalized spacial score (nSPS) is 21.3. The molecule has 1 aromatic carbocycles. The molecular formula is C15H20S. The number of allylic oxidation sites excluding steroid dienone is 2. The Morgan fingerprint density at radius 1 is 1.19 bits per heavy atom. The minimum absolute atomic E-state index is 0.764. The van der Waals surface area contributed by atoms with Crippen LogP contribution >= 0.6 is 11.8 Å². The molecule has 0 saturated heterocycles. The zero-order valence-electron chi connectivity index (χ0n) is 9.99. The predicted molar refractivity (Wildman–Crippen MR) is 74.8 cm³/mol. The van der Waals surface area contributed by atoms with Crippen LogP contribution in [0.2, 0.25) is 0 Å². The summed E-state index contributed by atoms with van der Waals surface area (Å²) in [5.41, 5.74) is 3.02. The van der Waals surface area contributed by atoms with Gasteiger partial charge in [-0.05, 0) is 48.3 Å². The molecule has 1 atom stereocenters. The standard InChI is InChI=1S/C15H20S/c1-16-12-14-10-6-3-7-11-15(14)13-8-4-2-5-9-13/h2,4-5,8-9,11,14H,3,6-7,10,12H2,1H3. The first-order valence-corrected chi connectivity index (χ1v) is 7.55. The first kappa shape index (κ1) is 11.8. The fourth-order valence-electron chi connectivity index (χ4n) is 2.47. The summed E-state index contributed by atoms with van der Waals surface area (Å²) in [6, 6.07) is 10.9. The molecule has 0 N–H and O–H groups in total. The van der Waals surface area contributed by atoms with Gasteiger partial charge >= 0.3 is 0 Å². The van der Waals surface area contributed by atoms with E-state index in [0.29, 0.717) is 0 Å². The summed E-state index contributed by atoms with van der Waals surface area (Å²) in [5.74, 6) is 2.03. The summed E-state index contributed by atoms with van der Waals surface area (Å²) in [4.78, 5) is 0. The lowest BCUT2D eigenvalue weighted by Crippen LogP contribution is -2.05. The van der Waals surface area contributed by atoms with Gasteiger partial charge in [-0.1, -0.05) is 42.8 Å². The monoisotopic (exact) mass is 232 g/mol. The van der Waals surface area contributed by atoms with Gasteiger partial charge in [0.1, 0.15) is 0 Å². The van der Waals surface area contributed by atoms with E-state index in [0.717, 1.165) is 5.92 Å². The van der Waals surface area contributed by atoms with E-state index in [-0.39, 0.29) is 0 Å². The van der Waals surface area contributed by atoms with E-state index in [4.69, 9.17) is 0 Å². The van der Waals surface area contributed by atoms with Crippen LogP contribution in [0.4, 0.5) is 0 Å². The molecule has 1 aliphatic carbocycles. The average Bonchev–Trinajstić information content (AvgIpc) is 2.56. The molecule has 0 spiro atoms. The van der Waals surface area contributed by atoms with Gasteiger partial charge in [-0.15, -0.1) is 0 Å². The summed E-state index contributed by atoms with van der Waals surface area (Å²) in [5, 5.41) is 0. The molecule has 0 saturated carbocycles. The zero-order valence-corrected chi connectivity index (χ0v) is 10.8. The van der Waals surface area contributed by atoms with Crippen molar-refractivity contribution in [2.75, 3.05) is 12.0 Å². The quantitative estimate of drug-likeness (QED) is 0.732. The maximum atomic E-state index is 2.48. The van der Waals surface area contributed by atoms with Crippen LogP contribution in [-0.4, -0.2) is 12.0 Å². The largest absolute Gasteiger partial charge is 0.165 e. The molecule has 0 nitrogen and oxygen atoms in total. The van der Waals surface area contributed by atoms with E-state index in [1.807, 2.05) is 11.8 Å². The number of hydrogen-bond acceptors (Lipinski definition) is 1. The summed E-state index contributed by atoms with van der Waals surface area (Å²) in [7, 11) is 0. The highest BCUT2D eigenvalue weighted by Crippen LogP contribution is 2.33. The summed E-state index contributed by atoms with van der Waals surface area (Å²) in [6.07, 6.45) is 10.1. The molecule has 0 fully saturated rings. The molecule has 1 unspecified atom stereocenters. The Balaban J connectivity index is 2.23. The van der Waals surface area contributed by atoms with Crippen molar-refractivity contribution in [1.29, 1.82) is 0 Å². The highest BCUT2D eigenvalue weighted by Gasteiger charge is 2.17. The molecule has 0 heterocycles. The number of hydrogen-bond donors (Lipinski definition) is 0. The van der Waals surface area contributed by atoms with Crippen LogP contribution in [0.15, 0.2) is 36.4 Å². The van der Waals surface area contributed by atoms with E-state index >= 15 is 0 Å². The van der Waals surface area contributed by atoms with E-state index in [1.165, 1.54) is 37.0 Å². The van der Waals surface area contributed by atoms with E-state index in [1.54, 1.807) is 5.57 Å². The average molecular weight is 232 g/mol. The SMILES string of the molecule is CSCC1CCCCC=C1c1ccccc1. The third-order valence-corrected chi connectivity index (χ3v) is 4.02. The molecule has 0 amide bonds. The molecule has 0 aliphatic heterocycles. The Kier molecular flexibility index (Phi) is 4.53. The van der Waals surface area contributed by atoms with Crippen molar-refractivity contribution in [1.82, 2.24) is 0 Å². The summed E-state index contributed by atoms with van der Waals surface area (Å²) < 4.78 is 0. The lowest BCUT2D eigenvalue weighted by atomic mass is 9.91. The van der Waals surface area contributed by atoms with Crippen LogP contribution in [0.5, 0.6) is 0 Å². The van der Waals surface area contributed by atoms with Crippen LogP contribution in [0, 0.1) is 5.92 Å². The summed E-state index contributed by atoms with van der Waals surface area (Å²) >= 11 is 1.97. The van der Waals surface area contributed by atoms with Crippen molar-refractivity contribution in [3.05, 3.63) is 42.0 Å². The van der Waals surface area contributed by atoms with Crippen molar-refractivity contribution in [2.24, 2.45) is 5.92 Å². The molecule has 1 heteroatoms. The lowest BCUT2D eigenvalue weighted by Gasteiger charge is -2.18. The van der Waals surface area contributed by atoms with Crippen LogP contribution in [0.25, 0.3) is 5.57 Å². The first-order chi connectivity index (χ1) is 7.92. The van der Waals surface area contributed by atoms with Gasteiger partial charge in [0.25, 0.3) is 0 Å². The molecule has 1 aromatic rings. The lowest BCUT2D eigenvalue weighted by molar-refractivity contribution is 0.621. The Morgan fingerprint density at radius 3 is 2.75 bits per heavy atom. The Morgan fingerprint density at radius 2 is 2.00 bits per heavy atom. The van der Waals surface area contributed by atoms with Crippen LogP contribution in [0.3, 0.4) is 0 Å². The van der Waals surface area contributed by atoms with Gasteiger partial charge < -0.3 is 0 Å². The fraction of sp³-hybridized carbons (Fsp3) is 0.467. The third-order valence-electron chi connectivity index (χ3n) is 3.29. The van der Waals surface area contributed by atoms with E-state index < -0.39 is 0 Å². The Bertz CT molecular complexity index is 340. The van der Waals surface area contributed by atoms with Gasteiger partial charge in [0, 0.05) is 0 Å². The molecule has 1 aliphatic rings. The summed E-state index contributed by atoms with van der Waals surface area (Å²) in [6.45, 7) is 0. The Labute approximate surface area is 103 Å². The maximum Gasteiger partial charge on any atom is -0.000121 e. The van der Waals surface area contributed by atoms with Crippen LogP contribution in [0.1, 0.15) is 31.2 Å². The first-order valence-electron chi connectivity index (χ1n) is 6.16. The second kappa shape index (κ2) is 6.15. The molecule has 86 valence electrons. The smallest absolute Gasteiger partial charge is 0.000121 e. The highest BCUT2D eigenvalue weighted by atomic mass is 32.2. The number of rotatable bonds is 3. The molecule has 0 aromatic heterocycles. The van der Waals surface area contributed by atoms with Gasteiger partial charge in [-0.25, -0.2) is 0 Å². The second-order valence-electron chi connectivity index (χ2n) is 4.46. The van der Waals surface area contributed by atoms with Crippen molar-refractivity contribution in [2.45, 2.75) is 25.7 Å². The van der Waals surface area contributed by atoms with Gasteiger partial charge in [-0.3, -0.25) is 0 Å². The van der Waals surface area contributed by atoms with Crippen LogP contribution in [-0.2, 0) is 0 Å². The van der Waals surface area contributed by atoms with Gasteiger partial charge in [0.2, 0.25) is 0 Å². The number of thioether (sulfide) groups is 1. The van der Waals surface area contributed by atoms with Crippen LogP contribution < -0.4 is 0 Å². The molecule has 16 heavy (non-hydrogen) atoms. The minimum atomic E-state index is 0.764. The fourth-order valence-corrected chi connectivity index (χ4v) is 3.22. The van der Waals surface area contributed by atoms with E-state index in [2.05, 4.69) is 42.7 Å². The maximum absolute atomic E-state index is 2.48. The molecule has 0 radical (unpaired) electrons. The molecule has 2 rings (SSSR count). The van der Waals surface area contributed by atoms with Crippen molar-refractivity contribution < 1.29 is 0 Å². The van der Waals surface area contributed by atoms with Crippen molar-refractivity contribution in [3.8, 4) is 0 Å². The topological polar surface area (TPSA) is 0 Å². The number of benzene rings is 1. The molecular weight excluding hydrogens is 212 g/mol. The van der Waals surface area contributed by atoms with Gasteiger partial charge in [0.15, 0.2) is 0 Å². The third kappa shape index (κ3) is 2.91. The Hall–Kier alpha value is -0.690. The van der Waals surface area contributed by atoms with Crippen molar-refractivity contribution >= 4 is 17.3 Å². The predicted octanol–water partition coefficient (Wildman–Crippen LogP) is 4.62. The minimum Gasteiger partial charge on any atom is -0.165 e. The van der Waals surface area contributed by atoms with E-state index in [9.17, 15) is 0 Å². The molecule has 0 bridgehead atoms. The second-order valence-corrected chi connectivity index (χ2v) is 5.37. The van der Waals surface area contributed by atoms with Gasteiger partial charge in [0.05, 0.1) is 0 Å². The van der Waals surface area contributed by atoms with Crippen molar-refractivity contribution in [3.63, 3.8) is 0 Å².